The van der Waals surface area contributed by atoms with Gasteiger partial charge in [-0.2, -0.15) is 0 Å². The van der Waals surface area contributed by atoms with Gasteiger partial charge in [0.25, 0.3) is 0 Å². The summed E-state index contributed by atoms with van der Waals surface area (Å²) in [6, 6.07) is 15.5. The van der Waals surface area contributed by atoms with Crippen LogP contribution in [0.4, 0.5) is 4.79 Å². The van der Waals surface area contributed by atoms with E-state index in [1.165, 1.54) is 0 Å². The van der Waals surface area contributed by atoms with Crippen LogP contribution in [0, 0.1) is 0 Å². The molecule has 0 aliphatic carbocycles. The highest BCUT2D eigenvalue weighted by molar-refractivity contribution is 6.32. The maximum Gasteiger partial charge on any atom is 0.511 e. The van der Waals surface area contributed by atoms with Crippen LogP contribution in [0.25, 0.3) is 28.0 Å². The number of unbranched alkanes of at least 4 members (excludes halogenated alkanes) is 1. The van der Waals surface area contributed by atoms with Gasteiger partial charge >= 0.3 is 17.9 Å². The second-order valence-electron chi connectivity index (χ2n) is 10.0. The molecule has 224 valence electrons. The summed E-state index contributed by atoms with van der Waals surface area (Å²) in [6.07, 6.45) is 3.01. The van der Waals surface area contributed by atoms with Crippen molar-refractivity contribution in [2.24, 2.45) is 0 Å². The van der Waals surface area contributed by atoms with Crippen LogP contribution in [0.5, 0.6) is 0 Å². The fourth-order valence-corrected chi connectivity index (χ4v) is 4.97. The van der Waals surface area contributed by atoms with Crippen LogP contribution in [0.15, 0.2) is 64.0 Å². The summed E-state index contributed by atoms with van der Waals surface area (Å²) in [5.74, 6) is -0.425. The third kappa shape index (κ3) is 6.64. The molecular weight excluding hydrogens is 578 g/mol. The zero-order valence-electron chi connectivity index (χ0n) is 23.8. The average molecular weight is 608 g/mol. The van der Waals surface area contributed by atoms with E-state index in [9.17, 15) is 14.4 Å². The largest absolute Gasteiger partial charge is 0.511 e. The van der Waals surface area contributed by atoms with Crippen LogP contribution >= 0.6 is 11.6 Å². The Morgan fingerprint density at radius 1 is 1.12 bits per heavy atom. The number of esters is 1. The number of ether oxygens (including phenoxy) is 3. The Morgan fingerprint density at radius 3 is 2.67 bits per heavy atom. The molecule has 0 bridgehead atoms. The molecule has 5 rings (SSSR count). The minimum atomic E-state index is -0.941. The van der Waals surface area contributed by atoms with Crippen molar-refractivity contribution >= 4 is 34.6 Å². The van der Waals surface area contributed by atoms with E-state index >= 15 is 0 Å². The molecule has 3 aromatic heterocycles. The first-order chi connectivity index (χ1) is 20.7. The molecule has 13 heteroatoms. The quantitative estimate of drug-likeness (QED) is 0.143. The van der Waals surface area contributed by atoms with Gasteiger partial charge in [0, 0.05) is 30.1 Å². The first-order valence-electron chi connectivity index (χ1n) is 13.8. The Kier molecular flexibility index (Phi) is 8.96. The van der Waals surface area contributed by atoms with Crippen molar-refractivity contribution in [3.8, 4) is 17.1 Å². The molecule has 0 radical (unpaired) electrons. The van der Waals surface area contributed by atoms with E-state index in [1.807, 2.05) is 59.3 Å². The number of H-pyrrole nitrogens is 1. The summed E-state index contributed by atoms with van der Waals surface area (Å²) in [7, 11) is 0. The molecule has 3 heterocycles. The molecule has 12 nitrogen and oxygen atoms in total. The molecule has 2 aromatic carbocycles. The van der Waals surface area contributed by atoms with E-state index in [4.69, 9.17) is 30.3 Å². The van der Waals surface area contributed by atoms with Gasteiger partial charge in [-0.15, -0.1) is 0 Å². The van der Waals surface area contributed by atoms with E-state index < -0.39 is 24.7 Å². The molecule has 43 heavy (non-hydrogen) atoms. The van der Waals surface area contributed by atoms with Crippen LogP contribution in [0.3, 0.4) is 0 Å². The van der Waals surface area contributed by atoms with Crippen molar-refractivity contribution in [1.29, 1.82) is 0 Å². The number of nitrogens with one attached hydrogen (secondary N) is 1. The summed E-state index contributed by atoms with van der Waals surface area (Å²) in [6.45, 7) is 5.10. The Labute approximate surface area is 251 Å². The number of carbonyl (C=O) groups is 2. The predicted octanol–water partition coefficient (Wildman–Crippen LogP) is 5.89. The molecular formula is C30H30ClN5O7. The summed E-state index contributed by atoms with van der Waals surface area (Å²) in [5.41, 5.74) is 3.40. The first kappa shape index (κ1) is 29.6. The number of hydrogen-bond donors (Lipinski definition) is 1. The number of carbonyl (C=O) groups excluding carboxylic acids is 2. The minimum Gasteiger partial charge on any atom is -0.431 e. The molecule has 5 aromatic rings. The van der Waals surface area contributed by atoms with Gasteiger partial charge in [-0.25, -0.2) is 19.4 Å². The number of halogens is 1. The first-order valence-corrected chi connectivity index (χ1v) is 14.1. The number of aryl methyl sites for hydroxylation is 1. The van der Waals surface area contributed by atoms with E-state index in [1.54, 1.807) is 18.4 Å². The van der Waals surface area contributed by atoms with E-state index in [2.05, 4.69) is 22.0 Å². The highest BCUT2D eigenvalue weighted by Crippen LogP contribution is 2.29. The van der Waals surface area contributed by atoms with Crippen LogP contribution in [0.1, 0.15) is 55.5 Å². The number of aromatic nitrogens is 5. The second kappa shape index (κ2) is 13.0. The zero-order chi connectivity index (χ0) is 30.5. The molecule has 0 amide bonds. The highest BCUT2D eigenvalue weighted by atomic mass is 35.5. The number of nitrogens with zero attached hydrogens (tertiary/aromatic N) is 4. The fourth-order valence-electron chi connectivity index (χ4n) is 4.70. The molecule has 0 aliphatic heterocycles. The van der Waals surface area contributed by atoms with Gasteiger partial charge in [0.05, 0.1) is 17.3 Å². The third-order valence-corrected chi connectivity index (χ3v) is 6.87. The number of aromatic amines is 1. The number of rotatable bonds is 11. The van der Waals surface area contributed by atoms with Gasteiger partial charge in [0.15, 0.2) is 16.7 Å². The summed E-state index contributed by atoms with van der Waals surface area (Å²) in [5, 5.41) is 4.80. The van der Waals surface area contributed by atoms with Crippen molar-refractivity contribution < 1.29 is 28.3 Å². The third-order valence-electron chi connectivity index (χ3n) is 6.60. The van der Waals surface area contributed by atoms with Crippen LogP contribution in [0.2, 0.25) is 5.15 Å². The van der Waals surface area contributed by atoms with Gasteiger partial charge in [0.2, 0.25) is 6.79 Å². The minimum absolute atomic E-state index is 0.00981. The topological polar surface area (TPSA) is 143 Å². The lowest BCUT2D eigenvalue weighted by Gasteiger charge is -2.13. The van der Waals surface area contributed by atoms with Gasteiger partial charge in [0.1, 0.15) is 5.82 Å². The smallest absolute Gasteiger partial charge is 0.431 e. The maximum absolute atomic E-state index is 13.1. The lowest BCUT2D eigenvalue weighted by molar-refractivity contribution is -0.0349. The Bertz CT molecular complexity index is 1820. The Morgan fingerprint density at radius 2 is 1.93 bits per heavy atom. The Hall–Kier alpha value is -4.84. The van der Waals surface area contributed by atoms with E-state index in [0.717, 1.165) is 35.0 Å². The van der Waals surface area contributed by atoms with E-state index in [0.29, 0.717) is 30.2 Å². The molecule has 0 atom stereocenters. The lowest BCUT2D eigenvalue weighted by Crippen LogP contribution is -2.19. The standard InChI is InChI=1S/C30H30ClN5O7/c1-4-5-10-24-32-26(31)25(28(37)40-17-41-30(39)42-18(2)3)36(24)16-19-11-12-22-20(15-19)13-14-35(22)23-9-7-6-8-21(23)27-33-29(38)43-34-27/h6-9,11-15,18H,4-5,10,16-17H2,1-3H3,(H,33,34,38). The summed E-state index contributed by atoms with van der Waals surface area (Å²) < 4.78 is 23.4. The molecule has 0 aliphatic rings. The summed E-state index contributed by atoms with van der Waals surface area (Å²) in [4.78, 5) is 43.3. The van der Waals surface area contributed by atoms with Crippen molar-refractivity contribution in [3.63, 3.8) is 0 Å². The molecule has 0 spiro atoms. The molecule has 0 saturated heterocycles. The fraction of sp³-hybridized carbons (Fsp3) is 0.300. The molecule has 1 N–H and O–H groups in total. The molecule has 0 unspecified atom stereocenters. The predicted molar refractivity (Wildman–Crippen MR) is 157 cm³/mol. The van der Waals surface area contributed by atoms with Gasteiger partial charge in [-0.1, -0.05) is 48.3 Å². The van der Waals surface area contributed by atoms with Crippen LogP contribution in [-0.2, 0) is 27.2 Å². The molecule has 0 fully saturated rings. The van der Waals surface area contributed by atoms with Gasteiger partial charge < -0.3 is 23.3 Å². The Balaban J connectivity index is 1.42. The summed E-state index contributed by atoms with van der Waals surface area (Å²) >= 11 is 6.43. The normalized spacial score (nSPS) is 11.3. The van der Waals surface area contributed by atoms with Crippen molar-refractivity contribution in [2.75, 3.05) is 6.79 Å². The van der Waals surface area contributed by atoms with Crippen molar-refractivity contribution in [1.82, 2.24) is 24.3 Å². The molecule has 0 saturated carbocycles. The number of imidazole rings is 1. The lowest BCUT2D eigenvalue weighted by atomic mass is 10.1. The SMILES string of the molecule is CCCCc1nc(Cl)c(C(=O)OCOC(=O)OC(C)C)n1Cc1ccc2c(ccn2-c2ccccc2-c2noc(=O)[nH]2)c1. The number of para-hydroxylation sites is 1. The van der Waals surface area contributed by atoms with E-state index in [-0.39, 0.29) is 17.0 Å². The zero-order valence-corrected chi connectivity index (χ0v) is 24.6. The van der Waals surface area contributed by atoms with Crippen molar-refractivity contribution in [3.05, 3.63) is 87.5 Å². The maximum atomic E-state index is 13.1. The highest BCUT2D eigenvalue weighted by Gasteiger charge is 2.24. The van der Waals surface area contributed by atoms with Crippen LogP contribution in [-0.4, -0.2) is 49.3 Å². The average Bonchev–Trinajstić information content (AvgIpc) is 3.68. The van der Waals surface area contributed by atoms with Gasteiger partial charge in [-0.3, -0.25) is 9.51 Å². The number of hydrogen-bond acceptors (Lipinski definition) is 9. The van der Waals surface area contributed by atoms with Crippen molar-refractivity contribution in [2.45, 2.75) is 52.7 Å². The van der Waals surface area contributed by atoms with Crippen LogP contribution < -0.4 is 5.76 Å². The second-order valence-corrected chi connectivity index (χ2v) is 10.4. The monoisotopic (exact) mass is 607 g/mol. The van der Waals surface area contributed by atoms with Gasteiger partial charge in [-0.05, 0) is 56.2 Å². The number of benzene rings is 2. The number of fused-ring (bicyclic) bond motifs is 1.